The number of aryl methyl sites for hydroxylation is 1. The second kappa shape index (κ2) is 8.83. The highest BCUT2D eigenvalue weighted by Crippen LogP contribution is 2.13. The first kappa shape index (κ1) is 15.9. The third kappa shape index (κ3) is 5.99. The molecule has 1 aromatic carbocycles. The van der Waals surface area contributed by atoms with Crippen LogP contribution in [0.2, 0.25) is 0 Å². The fraction of sp³-hybridized carbons (Fsp3) is 0.375. The fourth-order valence-electron chi connectivity index (χ4n) is 1.65. The van der Waals surface area contributed by atoms with E-state index in [9.17, 15) is 4.21 Å². The molecule has 0 fully saturated rings. The normalized spacial score (nSPS) is 13.9. The average molecular weight is 278 g/mol. The topological polar surface area (TPSA) is 37.3 Å². The van der Waals surface area contributed by atoms with E-state index < -0.39 is 10.8 Å². The molecule has 0 saturated heterocycles. The molecule has 0 aliphatic heterocycles. The molecule has 1 rings (SSSR count). The second-order valence-electron chi connectivity index (χ2n) is 4.48. The van der Waals surface area contributed by atoms with Crippen molar-refractivity contribution in [2.75, 3.05) is 6.61 Å². The molecular weight excluding hydrogens is 256 g/mol. The van der Waals surface area contributed by atoms with Crippen LogP contribution in [0.25, 0.3) is 0 Å². The summed E-state index contributed by atoms with van der Waals surface area (Å²) in [7, 11) is -1.12. The van der Waals surface area contributed by atoms with Gasteiger partial charge < -0.3 is 5.11 Å². The summed E-state index contributed by atoms with van der Waals surface area (Å²) in [5.41, 5.74) is 2.21. The van der Waals surface area contributed by atoms with Crippen molar-refractivity contribution in [2.24, 2.45) is 0 Å². The number of hydrogen-bond acceptors (Lipinski definition) is 2. The lowest BCUT2D eigenvalue weighted by molar-refractivity contribution is 0.341. The molecule has 0 heterocycles. The first-order valence-corrected chi connectivity index (χ1v) is 7.84. The molecule has 0 unspecified atom stereocenters. The molecule has 0 aromatic heterocycles. The molecule has 104 valence electrons. The maximum Gasteiger partial charge on any atom is 0.0776 e. The van der Waals surface area contributed by atoms with Gasteiger partial charge in [-0.1, -0.05) is 43.2 Å². The zero-order chi connectivity index (χ0) is 14.1. The van der Waals surface area contributed by atoms with E-state index in [-0.39, 0.29) is 6.61 Å². The van der Waals surface area contributed by atoms with Crippen LogP contribution < -0.4 is 0 Å². The van der Waals surface area contributed by atoms with Crippen LogP contribution in [0.15, 0.2) is 52.3 Å². The van der Waals surface area contributed by atoms with E-state index in [1.54, 1.807) is 11.5 Å². The summed E-state index contributed by atoms with van der Waals surface area (Å²) < 4.78 is 12.1. The van der Waals surface area contributed by atoms with E-state index in [0.29, 0.717) is 0 Å². The second-order valence-corrected chi connectivity index (χ2v) is 5.82. The van der Waals surface area contributed by atoms with Crippen LogP contribution in [0.4, 0.5) is 0 Å². The van der Waals surface area contributed by atoms with Crippen molar-refractivity contribution in [3.63, 3.8) is 0 Å². The van der Waals surface area contributed by atoms with Gasteiger partial charge in [-0.3, -0.25) is 0 Å². The zero-order valence-corrected chi connectivity index (χ0v) is 12.5. The zero-order valence-electron chi connectivity index (χ0n) is 11.6. The van der Waals surface area contributed by atoms with Crippen LogP contribution in [0.5, 0.6) is 0 Å². The number of rotatable bonds is 7. The van der Waals surface area contributed by atoms with Gasteiger partial charge in [0.2, 0.25) is 0 Å². The quantitative estimate of drug-likeness (QED) is 0.772. The van der Waals surface area contributed by atoms with Gasteiger partial charge in [-0.05, 0) is 37.5 Å². The Morgan fingerprint density at radius 3 is 2.58 bits per heavy atom. The van der Waals surface area contributed by atoms with Crippen LogP contribution in [0.1, 0.15) is 31.7 Å². The Kier molecular flexibility index (Phi) is 7.38. The summed E-state index contributed by atoms with van der Waals surface area (Å²) in [4.78, 5) is 0.806. The first-order valence-electron chi connectivity index (χ1n) is 6.62. The minimum atomic E-state index is -1.12. The van der Waals surface area contributed by atoms with Crippen LogP contribution in [-0.2, 0) is 10.8 Å². The van der Waals surface area contributed by atoms with E-state index in [1.807, 2.05) is 37.3 Å². The number of hydrogen-bond donors (Lipinski definition) is 1. The number of aliphatic hydroxyl groups excluding tert-OH is 1. The Morgan fingerprint density at radius 1 is 1.32 bits per heavy atom. The Balaban J connectivity index is 2.70. The summed E-state index contributed by atoms with van der Waals surface area (Å²) in [6.07, 6.45) is 6.74. The highest BCUT2D eigenvalue weighted by molar-refractivity contribution is 7.88. The third-order valence-electron chi connectivity index (χ3n) is 2.83. The Hall–Kier alpha value is -1.19. The molecule has 0 spiro atoms. The van der Waals surface area contributed by atoms with Gasteiger partial charge >= 0.3 is 0 Å². The fourth-order valence-corrected chi connectivity index (χ4v) is 2.51. The number of aliphatic hydroxyl groups is 1. The summed E-state index contributed by atoms with van der Waals surface area (Å²) in [6, 6.07) is 7.69. The molecule has 0 aliphatic carbocycles. The van der Waals surface area contributed by atoms with Gasteiger partial charge in [0.1, 0.15) is 0 Å². The molecule has 3 heteroatoms. The van der Waals surface area contributed by atoms with Gasteiger partial charge in [0.05, 0.1) is 17.4 Å². The van der Waals surface area contributed by atoms with Gasteiger partial charge in [0, 0.05) is 10.3 Å². The van der Waals surface area contributed by atoms with Crippen LogP contribution in [-0.4, -0.2) is 15.9 Å². The van der Waals surface area contributed by atoms with E-state index in [0.717, 1.165) is 35.3 Å². The van der Waals surface area contributed by atoms with Gasteiger partial charge in [-0.15, -0.1) is 0 Å². The molecule has 2 nitrogen and oxygen atoms in total. The molecule has 1 atom stereocenters. The summed E-state index contributed by atoms with van der Waals surface area (Å²) in [5, 5.41) is 10.7. The molecule has 1 N–H and O–H groups in total. The number of unbranched alkanes of at least 4 members (excludes halogenated alkanes) is 1. The molecule has 0 aliphatic rings. The lowest BCUT2D eigenvalue weighted by Crippen LogP contribution is -1.88. The standard InChI is InChI=1S/C16H22O2S/c1-3-4-5-15(10-12-17)11-13-19(18)16-8-6-14(2)7-9-16/h6-11,13,17H,3-5,12H2,1-2H3/b13-11-,15-10+/t19-/m0/s1. The van der Waals surface area contributed by atoms with Gasteiger partial charge in [0.25, 0.3) is 0 Å². The van der Waals surface area contributed by atoms with Crippen LogP contribution in [0.3, 0.4) is 0 Å². The smallest absolute Gasteiger partial charge is 0.0776 e. The van der Waals surface area contributed by atoms with Crippen LogP contribution in [0, 0.1) is 6.92 Å². The summed E-state index contributed by atoms with van der Waals surface area (Å²) in [6.45, 7) is 4.17. The van der Waals surface area contributed by atoms with Crippen molar-refractivity contribution in [2.45, 2.75) is 38.0 Å². The maximum atomic E-state index is 12.1. The number of benzene rings is 1. The van der Waals surface area contributed by atoms with Crippen molar-refractivity contribution in [3.8, 4) is 0 Å². The predicted octanol–water partition coefficient (Wildman–Crippen LogP) is 3.73. The molecule has 0 saturated carbocycles. The molecule has 19 heavy (non-hydrogen) atoms. The highest BCUT2D eigenvalue weighted by Gasteiger charge is 1.99. The largest absolute Gasteiger partial charge is 0.392 e. The lowest BCUT2D eigenvalue weighted by Gasteiger charge is -2.01. The van der Waals surface area contributed by atoms with Crippen molar-refractivity contribution in [3.05, 3.63) is 53.0 Å². The van der Waals surface area contributed by atoms with E-state index >= 15 is 0 Å². The first-order chi connectivity index (χ1) is 9.17. The summed E-state index contributed by atoms with van der Waals surface area (Å²) in [5.74, 6) is 0. The van der Waals surface area contributed by atoms with E-state index in [4.69, 9.17) is 5.11 Å². The van der Waals surface area contributed by atoms with Crippen molar-refractivity contribution < 1.29 is 9.32 Å². The van der Waals surface area contributed by atoms with E-state index in [2.05, 4.69) is 6.92 Å². The third-order valence-corrected chi connectivity index (χ3v) is 3.95. The SMILES string of the molecule is CCCCC(/C=C\[S@](=O)c1ccc(C)cc1)=C\CO. The van der Waals surface area contributed by atoms with Crippen molar-refractivity contribution in [1.82, 2.24) is 0 Å². The highest BCUT2D eigenvalue weighted by atomic mass is 32.2. The minimum Gasteiger partial charge on any atom is -0.392 e. The van der Waals surface area contributed by atoms with Crippen molar-refractivity contribution >= 4 is 10.8 Å². The Labute approximate surface area is 118 Å². The molecule has 0 amide bonds. The monoisotopic (exact) mass is 278 g/mol. The maximum absolute atomic E-state index is 12.1. The average Bonchev–Trinajstić information content (AvgIpc) is 2.42. The predicted molar refractivity (Wildman–Crippen MR) is 81.4 cm³/mol. The van der Waals surface area contributed by atoms with Gasteiger partial charge in [-0.2, -0.15) is 0 Å². The molecule has 0 bridgehead atoms. The molecule has 0 radical (unpaired) electrons. The lowest BCUT2D eigenvalue weighted by atomic mass is 10.1. The van der Waals surface area contributed by atoms with Crippen LogP contribution >= 0.6 is 0 Å². The van der Waals surface area contributed by atoms with Crippen molar-refractivity contribution in [1.29, 1.82) is 0 Å². The minimum absolute atomic E-state index is 0.0283. The molecular formula is C16H22O2S. The van der Waals surface area contributed by atoms with Gasteiger partial charge in [-0.25, -0.2) is 4.21 Å². The summed E-state index contributed by atoms with van der Waals surface area (Å²) >= 11 is 0. The number of allylic oxidation sites excluding steroid dienone is 2. The van der Waals surface area contributed by atoms with Gasteiger partial charge in [0.15, 0.2) is 0 Å². The Morgan fingerprint density at radius 2 is 2.00 bits per heavy atom. The van der Waals surface area contributed by atoms with E-state index in [1.165, 1.54) is 0 Å². The Bertz CT molecular complexity index is 458. The molecule has 1 aromatic rings.